The van der Waals surface area contributed by atoms with Gasteiger partial charge in [0.15, 0.2) is 12.6 Å². The second-order valence-electron chi connectivity index (χ2n) is 17.4. The molecule has 2 unspecified atom stereocenters. The van der Waals surface area contributed by atoms with Crippen LogP contribution in [-0.2, 0) is 28.4 Å². The fourth-order valence-electron chi connectivity index (χ4n) is 7.99. The molecule has 3 N–H and O–H groups in total. The fourth-order valence-corrected chi connectivity index (χ4v) is 8.21. The first-order chi connectivity index (χ1) is 38.3. The molecule has 11 rings (SSSR count). The molecule has 2 atom stereocenters. The first-order valence-electron chi connectivity index (χ1n) is 25.4. The molecule has 3 aromatic heterocycles. The summed E-state index contributed by atoms with van der Waals surface area (Å²) in [4.78, 5) is 10.7. The van der Waals surface area contributed by atoms with E-state index in [9.17, 15) is 4.79 Å². The minimum Gasteiger partial charge on any atom is -1.00 e. The van der Waals surface area contributed by atoms with Crippen molar-refractivity contribution in [2.24, 2.45) is 0 Å². The minimum atomic E-state index is -0.360. The quantitative estimate of drug-likeness (QED) is 0.0452. The molecule has 9 aromatic rings. The first kappa shape index (κ1) is 66.0. The number of methoxy groups -OCH3 is 4. The zero-order chi connectivity index (χ0) is 55.2. The number of ether oxygens (including phenoxy) is 6. The summed E-state index contributed by atoms with van der Waals surface area (Å²) in [7, 11) is 6.47. The fraction of sp³-hybridized carbons (Fsp3) is 0.310. The number of hydrogen-bond acceptors (Lipinski definition) is 16. The molecule has 0 aliphatic carbocycles. The van der Waals surface area contributed by atoms with Gasteiger partial charge in [-0.15, -0.1) is 36.2 Å². The summed E-state index contributed by atoms with van der Waals surface area (Å²) in [5, 5.41) is 42.3. The van der Waals surface area contributed by atoms with Gasteiger partial charge in [0.05, 0.1) is 17.2 Å². The average molecular weight is 1180 g/mol. The molecular weight excluding hydrogens is 1120 g/mol. The summed E-state index contributed by atoms with van der Waals surface area (Å²) in [6, 6.07) is 48.9. The van der Waals surface area contributed by atoms with Crippen LogP contribution in [0.4, 0.5) is 0 Å². The Morgan fingerprint density at radius 1 is 0.525 bits per heavy atom. The maximum Gasteiger partial charge on any atom is 2.00 e. The summed E-state index contributed by atoms with van der Waals surface area (Å²) in [5.74, 6) is 1.64. The number of H-pyrrole nitrogens is 3. The molecule has 19 nitrogen and oxygen atoms in total. The van der Waals surface area contributed by atoms with Crippen molar-refractivity contribution in [3.05, 3.63) is 173 Å². The number of nitrogens with one attached hydrogen (secondary N) is 3. The number of aldehydes is 1. The molecule has 0 radical (unpaired) electrons. The number of carbonyl (C=O) groups excluding carboxylic acids is 1. The van der Waals surface area contributed by atoms with Crippen LogP contribution in [-0.4, -0.2) is 145 Å². The SMILES string of the molecule is CC1CCCCO1.CC1CCCCO1.COC(OC)c1cc[c-]cc1.COC(OC)c1ccc(-c2ccccc2-c2nn[nH]n2)cc1.Clc1ccccc1-c1nn[nH]n1.O=Cc1ccc(-c2ccccc2-c2nn[nH]n2)cc1.[Br-].[Mg+2]. The van der Waals surface area contributed by atoms with Gasteiger partial charge < -0.3 is 45.4 Å². The zero-order valence-corrected chi connectivity index (χ0v) is 49.5. The number of tetrazole rings is 3. The van der Waals surface area contributed by atoms with Crippen LogP contribution in [0.1, 0.15) is 86.4 Å². The molecule has 0 saturated carbocycles. The Bertz CT molecular complexity index is 2990. The monoisotopic (exact) mass is 1180 g/mol. The van der Waals surface area contributed by atoms with E-state index >= 15 is 0 Å². The van der Waals surface area contributed by atoms with Crippen LogP contribution in [0.3, 0.4) is 0 Å². The van der Waals surface area contributed by atoms with E-state index in [1.54, 1.807) is 46.6 Å². The predicted octanol–water partition coefficient (Wildman–Crippen LogP) is 8.24. The van der Waals surface area contributed by atoms with Crippen LogP contribution < -0.4 is 17.0 Å². The Morgan fingerprint density at radius 3 is 1.24 bits per heavy atom. The van der Waals surface area contributed by atoms with Crippen LogP contribution in [0.2, 0.25) is 5.02 Å². The number of aromatic nitrogens is 12. The van der Waals surface area contributed by atoms with E-state index < -0.39 is 0 Å². The largest absolute Gasteiger partial charge is 2.00 e. The van der Waals surface area contributed by atoms with Crippen molar-refractivity contribution in [2.75, 3.05) is 41.7 Å². The van der Waals surface area contributed by atoms with Gasteiger partial charge in [0.2, 0.25) is 17.5 Å². The molecule has 0 spiro atoms. The van der Waals surface area contributed by atoms with Gasteiger partial charge in [-0.25, -0.2) is 0 Å². The van der Waals surface area contributed by atoms with Gasteiger partial charge in [-0.3, -0.25) is 4.79 Å². The van der Waals surface area contributed by atoms with Crippen LogP contribution in [0, 0.1) is 6.07 Å². The maximum absolute atomic E-state index is 10.7. The maximum atomic E-state index is 10.7. The average Bonchev–Trinajstić information content (AvgIpc) is 4.35. The van der Waals surface area contributed by atoms with Crippen molar-refractivity contribution < 1.29 is 50.2 Å². The van der Waals surface area contributed by atoms with E-state index in [1.807, 2.05) is 127 Å². The zero-order valence-electron chi connectivity index (χ0n) is 45.7. The van der Waals surface area contributed by atoms with Gasteiger partial charge in [0, 0.05) is 69.5 Å². The molecule has 5 heterocycles. The van der Waals surface area contributed by atoms with E-state index in [4.69, 9.17) is 40.0 Å². The molecule has 2 aliphatic rings. The molecule has 0 bridgehead atoms. The Morgan fingerprint density at radius 2 is 0.900 bits per heavy atom. The minimum absolute atomic E-state index is 0. The molecule has 416 valence electrons. The van der Waals surface area contributed by atoms with Crippen molar-refractivity contribution >= 4 is 40.9 Å². The van der Waals surface area contributed by atoms with Gasteiger partial charge in [-0.2, -0.15) is 46.0 Å². The summed E-state index contributed by atoms with van der Waals surface area (Å²) in [6.45, 7) is 6.25. The Labute approximate surface area is 498 Å². The third-order valence-electron chi connectivity index (χ3n) is 12.0. The van der Waals surface area contributed by atoms with Crippen LogP contribution in [0.5, 0.6) is 0 Å². The van der Waals surface area contributed by atoms with E-state index in [1.165, 1.54) is 38.5 Å². The summed E-state index contributed by atoms with van der Waals surface area (Å²) in [6.07, 6.45) is 9.07. The van der Waals surface area contributed by atoms with Crippen LogP contribution >= 0.6 is 11.6 Å². The molecular formula is C58H66BrClMgN12O7. The Hall–Kier alpha value is -6.50. The standard InChI is InChI=1S/C16H16N4O2.C14H10N4O.C9H11O2.C7H5ClN4.2C6H12O.BrH.Mg/c1-21-16(22-2)12-9-7-11(8-10-12)13-5-3-4-6-14(13)15-17-19-20-18-15;19-9-10-5-7-11(8-6-10)12-3-1-2-4-13(12)14-15-17-18-16-14;1-10-9(11-2)8-6-4-3-5-7-8;8-6-4-2-1-3-5(6)7-9-11-12-10-7;2*1-6-4-2-3-5-7-6;;/h3-10,16H,1-2H3,(H,17,18,19,20);1-9H,(H,15,16,17,18);4-7,9H,1-2H3;1-4H,(H,9,10,11,12);2*6H,2-5H2,1H3;1H;/q;;-1;;;;;+2/p-1. The van der Waals surface area contributed by atoms with Crippen molar-refractivity contribution in [1.82, 2.24) is 61.9 Å². The van der Waals surface area contributed by atoms with Gasteiger partial charge in [-0.05, 0) is 102 Å². The summed E-state index contributed by atoms with van der Waals surface area (Å²) in [5.41, 5.74) is 9.35. The topological polar surface area (TPSA) is 236 Å². The molecule has 2 saturated heterocycles. The van der Waals surface area contributed by atoms with E-state index in [2.05, 4.69) is 81.8 Å². The predicted molar refractivity (Wildman–Crippen MR) is 303 cm³/mol. The number of nitrogens with zero attached hydrogens (tertiary/aromatic N) is 9. The number of aromatic amines is 3. The van der Waals surface area contributed by atoms with Gasteiger partial charge in [0.25, 0.3) is 0 Å². The normalized spacial score (nSPS) is 14.2. The molecule has 6 aromatic carbocycles. The van der Waals surface area contributed by atoms with Gasteiger partial charge >= 0.3 is 23.1 Å². The smallest absolute Gasteiger partial charge is 1.00 e. The number of carbonyl (C=O) groups is 1. The molecule has 2 aliphatic heterocycles. The second-order valence-corrected chi connectivity index (χ2v) is 17.8. The Kier molecular flexibility index (Phi) is 30.9. The van der Waals surface area contributed by atoms with E-state index in [0.717, 1.165) is 69.6 Å². The molecule has 2 fully saturated rings. The van der Waals surface area contributed by atoms with Crippen molar-refractivity contribution in [1.29, 1.82) is 0 Å². The van der Waals surface area contributed by atoms with E-state index in [-0.39, 0.29) is 52.6 Å². The van der Waals surface area contributed by atoms with Crippen LogP contribution in [0.25, 0.3) is 56.4 Å². The summed E-state index contributed by atoms with van der Waals surface area (Å²) >= 11 is 5.89. The van der Waals surface area contributed by atoms with Gasteiger partial charge in [0.1, 0.15) is 6.29 Å². The number of hydrogen-bond donors (Lipinski definition) is 3. The molecule has 22 heteroatoms. The summed E-state index contributed by atoms with van der Waals surface area (Å²) < 4.78 is 31.2. The van der Waals surface area contributed by atoms with Crippen molar-refractivity contribution in [3.8, 4) is 56.4 Å². The third-order valence-corrected chi connectivity index (χ3v) is 12.4. The first-order valence-corrected chi connectivity index (χ1v) is 25.7. The van der Waals surface area contributed by atoms with E-state index in [0.29, 0.717) is 40.3 Å². The van der Waals surface area contributed by atoms with Crippen molar-refractivity contribution in [2.45, 2.75) is 77.2 Å². The molecule has 80 heavy (non-hydrogen) atoms. The number of benzene rings is 6. The second kappa shape index (κ2) is 37.4. The third kappa shape index (κ3) is 21.2. The van der Waals surface area contributed by atoms with Gasteiger partial charge in [-0.1, -0.05) is 121 Å². The molecule has 0 amide bonds. The number of halogens is 2. The van der Waals surface area contributed by atoms with Crippen LogP contribution in [0.15, 0.2) is 146 Å². The number of rotatable bonds is 12. The van der Waals surface area contributed by atoms with Crippen molar-refractivity contribution in [3.63, 3.8) is 0 Å². The Balaban J connectivity index is 0.000000216.